The maximum Gasteiger partial charge on any atom is 0.490 e. The number of carboxylic acids is 1. The van der Waals surface area contributed by atoms with Crippen LogP contribution in [0, 0.1) is 0 Å². The fraction of sp³-hybridized carbons (Fsp3) is 0.333. The number of alkyl halides is 3. The molecule has 0 atom stereocenters. The Kier molecular flexibility index (Phi) is 6.69. The van der Waals surface area contributed by atoms with E-state index in [9.17, 15) is 18.0 Å². The number of hydrogen-bond donors (Lipinski definition) is 2. The highest BCUT2D eigenvalue weighted by Gasteiger charge is 2.38. The Morgan fingerprint density at radius 3 is 2.32 bits per heavy atom. The molecule has 10 heteroatoms. The highest BCUT2D eigenvalue weighted by Crippen LogP contribution is 2.29. The zero-order valence-electron chi connectivity index (χ0n) is 16.7. The number of carbonyl (C=O) groups is 1. The lowest BCUT2D eigenvalue weighted by atomic mass is 9.89. The van der Waals surface area contributed by atoms with Crippen LogP contribution in [-0.4, -0.2) is 57.2 Å². The van der Waals surface area contributed by atoms with Crippen LogP contribution in [0.3, 0.4) is 0 Å². The fourth-order valence-corrected chi connectivity index (χ4v) is 3.38. The Bertz CT molecular complexity index is 1110. The van der Waals surface area contributed by atoms with Gasteiger partial charge < -0.3 is 15.0 Å². The van der Waals surface area contributed by atoms with Crippen LogP contribution in [0.5, 0.6) is 0 Å². The molecule has 2 aromatic heterocycles. The van der Waals surface area contributed by atoms with Gasteiger partial charge in [-0.05, 0) is 56.6 Å². The van der Waals surface area contributed by atoms with Gasteiger partial charge >= 0.3 is 12.1 Å². The van der Waals surface area contributed by atoms with E-state index in [1.54, 1.807) is 0 Å². The second-order valence-electron chi connectivity index (χ2n) is 7.30. The zero-order valence-corrected chi connectivity index (χ0v) is 16.7. The van der Waals surface area contributed by atoms with Crippen LogP contribution in [0.15, 0.2) is 47.5 Å². The van der Waals surface area contributed by atoms with Crippen molar-refractivity contribution in [1.82, 2.24) is 19.9 Å². The third-order valence-electron chi connectivity index (χ3n) is 5.13. The minimum Gasteiger partial charge on any atom is -0.475 e. The lowest BCUT2D eigenvalue weighted by Crippen LogP contribution is -2.29. The number of rotatable bonds is 2. The first kappa shape index (κ1) is 22.4. The molecule has 7 nitrogen and oxygen atoms in total. The number of nitrogens with one attached hydrogen (secondary N) is 1. The summed E-state index contributed by atoms with van der Waals surface area (Å²) < 4.78 is 31.7. The van der Waals surface area contributed by atoms with Gasteiger partial charge in [-0.15, -0.1) is 0 Å². The first-order valence-electron chi connectivity index (χ1n) is 9.58. The number of pyridine rings is 1. The first-order chi connectivity index (χ1) is 14.6. The van der Waals surface area contributed by atoms with Crippen molar-refractivity contribution in [2.75, 3.05) is 20.1 Å². The van der Waals surface area contributed by atoms with E-state index in [-0.39, 0.29) is 5.56 Å². The van der Waals surface area contributed by atoms with Gasteiger partial charge in [0.05, 0.1) is 17.5 Å². The number of aliphatic carboxylic acids is 1. The molecule has 0 spiro atoms. The molecule has 3 heterocycles. The number of hydrogen-bond acceptors (Lipinski definition) is 5. The molecular weight excluding hydrogens is 413 g/mol. The van der Waals surface area contributed by atoms with Crippen molar-refractivity contribution >= 4 is 17.0 Å². The van der Waals surface area contributed by atoms with Gasteiger partial charge in [-0.3, -0.25) is 4.79 Å². The second kappa shape index (κ2) is 9.25. The molecule has 3 aromatic rings. The summed E-state index contributed by atoms with van der Waals surface area (Å²) in [6.07, 6.45) is -1.25. The predicted octanol–water partition coefficient (Wildman–Crippen LogP) is 3.43. The van der Waals surface area contributed by atoms with Crippen molar-refractivity contribution in [3.05, 3.63) is 58.6 Å². The number of likely N-dealkylation sites (tertiary alicyclic amines) is 1. The van der Waals surface area contributed by atoms with Crippen LogP contribution in [0.25, 0.3) is 22.3 Å². The van der Waals surface area contributed by atoms with Crippen molar-refractivity contribution in [1.29, 1.82) is 0 Å². The van der Waals surface area contributed by atoms with E-state index in [0.29, 0.717) is 17.0 Å². The SMILES string of the molecule is CN1CCC(c2ccc(-c3ccc4nc[nH]c(=O)c4n3)cc2)CC1.O=C(O)C(F)(F)F. The van der Waals surface area contributed by atoms with E-state index in [1.807, 2.05) is 12.1 Å². The van der Waals surface area contributed by atoms with Gasteiger partial charge in [0.15, 0.2) is 5.52 Å². The summed E-state index contributed by atoms with van der Waals surface area (Å²) in [7, 11) is 2.18. The molecule has 1 aliphatic heterocycles. The van der Waals surface area contributed by atoms with Crippen molar-refractivity contribution < 1.29 is 23.1 Å². The fourth-order valence-electron chi connectivity index (χ4n) is 3.38. The third-order valence-corrected chi connectivity index (χ3v) is 5.13. The summed E-state index contributed by atoms with van der Waals surface area (Å²) in [6.45, 7) is 2.32. The molecule has 4 rings (SSSR count). The van der Waals surface area contributed by atoms with Crippen LogP contribution in [-0.2, 0) is 4.79 Å². The van der Waals surface area contributed by atoms with Gasteiger partial charge in [0.2, 0.25) is 0 Å². The van der Waals surface area contributed by atoms with E-state index < -0.39 is 12.1 Å². The Labute approximate surface area is 175 Å². The van der Waals surface area contributed by atoms with Gasteiger partial charge in [0.1, 0.15) is 0 Å². The summed E-state index contributed by atoms with van der Waals surface area (Å²) in [6, 6.07) is 12.4. The smallest absolute Gasteiger partial charge is 0.475 e. The molecule has 1 aliphatic rings. The van der Waals surface area contributed by atoms with Gasteiger partial charge in [-0.2, -0.15) is 13.2 Å². The molecule has 2 N–H and O–H groups in total. The molecule has 1 aromatic carbocycles. The average molecular weight is 434 g/mol. The number of benzene rings is 1. The third kappa shape index (κ3) is 5.66. The number of carboxylic acid groups (broad SMARTS) is 1. The van der Waals surface area contributed by atoms with Crippen LogP contribution in [0.2, 0.25) is 0 Å². The Morgan fingerprint density at radius 1 is 1.13 bits per heavy atom. The number of halogens is 3. The maximum atomic E-state index is 11.9. The van der Waals surface area contributed by atoms with E-state index >= 15 is 0 Å². The lowest BCUT2D eigenvalue weighted by Gasteiger charge is -2.29. The average Bonchev–Trinajstić information content (AvgIpc) is 2.74. The quantitative estimate of drug-likeness (QED) is 0.641. The van der Waals surface area contributed by atoms with Crippen molar-refractivity contribution in [2.24, 2.45) is 0 Å². The molecule has 164 valence electrons. The maximum absolute atomic E-state index is 11.9. The number of aromatic amines is 1. The number of nitrogens with zero attached hydrogens (tertiary/aromatic N) is 3. The molecule has 0 amide bonds. The molecular formula is C21H21F3N4O3. The van der Waals surface area contributed by atoms with Gasteiger partial charge in [0, 0.05) is 5.56 Å². The molecule has 0 aliphatic carbocycles. The highest BCUT2D eigenvalue weighted by molar-refractivity contribution is 5.76. The largest absolute Gasteiger partial charge is 0.490 e. The molecule has 0 unspecified atom stereocenters. The monoisotopic (exact) mass is 434 g/mol. The van der Waals surface area contributed by atoms with E-state index in [1.165, 1.54) is 24.7 Å². The summed E-state index contributed by atoms with van der Waals surface area (Å²) >= 11 is 0. The van der Waals surface area contributed by atoms with Gasteiger partial charge in [-0.1, -0.05) is 24.3 Å². The number of H-pyrrole nitrogens is 1. The Morgan fingerprint density at radius 2 is 1.74 bits per heavy atom. The van der Waals surface area contributed by atoms with E-state index in [2.05, 4.69) is 51.2 Å². The second-order valence-corrected chi connectivity index (χ2v) is 7.30. The molecule has 0 bridgehead atoms. The highest BCUT2D eigenvalue weighted by atomic mass is 19.4. The topological polar surface area (TPSA) is 99.2 Å². The first-order valence-corrected chi connectivity index (χ1v) is 9.58. The molecule has 1 fully saturated rings. The van der Waals surface area contributed by atoms with Crippen molar-refractivity contribution in [3.63, 3.8) is 0 Å². The minimum atomic E-state index is -5.08. The number of aromatic nitrogens is 3. The minimum absolute atomic E-state index is 0.204. The lowest BCUT2D eigenvalue weighted by molar-refractivity contribution is -0.192. The van der Waals surface area contributed by atoms with E-state index in [0.717, 1.165) is 24.3 Å². The van der Waals surface area contributed by atoms with Crippen LogP contribution < -0.4 is 5.56 Å². The Balaban J connectivity index is 0.000000339. The standard InChI is InChI=1S/C19H20N4O.C2HF3O2/c1-23-10-8-14(9-11-23)13-2-4-15(5-3-13)16-6-7-17-18(22-16)19(24)21-12-20-17;3-2(4,5)1(6)7/h2-7,12,14H,8-11H2,1H3,(H,20,21,24);(H,6,7). The molecule has 31 heavy (non-hydrogen) atoms. The van der Waals surface area contributed by atoms with Crippen molar-refractivity contribution in [3.8, 4) is 11.3 Å². The molecule has 1 saturated heterocycles. The summed E-state index contributed by atoms with van der Waals surface area (Å²) in [4.78, 5) is 34.4. The van der Waals surface area contributed by atoms with Gasteiger partial charge in [-0.25, -0.2) is 14.8 Å². The van der Waals surface area contributed by atoms with Gasteiger partial charge in [0.25, 0.3) is 5.56 Å². The molecule has 0 saturated carbocycles. The Hall–Kier alpha value is -3.27. The summed E-state index contributed by atoms with van der Waals surface area (Å²) in [5.41, 5.74) is 4.02. The number of fused-ring (bicyclic) bond motifs is 1. The normalized spacial score (nSPS) is 15.4. The summed E-state index contributed by atoms with van der Waals surface area (Å²) in [5, 5.41) is 7.12. The van der Waals surface area contributed by atoms with E-state index in [4.69, 9.17) is 9.90 Å². The predicted molar refractivity (Wildman–Crippen MR) is 109 cm³/mol. The summed E-state index contributed by atoms with van der Waals surface area (Å²) in [5.74, 6) is -2.11. The van der Waals surface area contributed by atoms with Crippen molar-refractivity contribution in [2.45, 2.75) is 24.9 Å². The van der Waals surface area contributed by atoms with Crippen LogP contribution >= 0.6 is 0 Å². The molecule has 0 radical (unpaired) electrons. The van der Waals surface area contributed by atoms with Crippen LogP contribution in [0.4, 0.5) is 13.2 Å². The van der Waals surface area contributed by atoms with Crippen LogP contribution in [0.1, 0.15) is 24.3 Å². The number of piperidine rings is 1. The zero-order chi connectivity index (χ0) is 22.6.